The highest BCUT2D eigenvalue weighted by Gasteiger charge is 2.40. The van der Waals surface area contributed by atoms with E-state index in [-0.39, 0.29) is 5.82 Å². The van der Waals surface area contributed by atoms with Gasteiger partial charge in [-0.2, -0.15) is 0 Å². The van der Waals surface area contributed by atoms with Crippen LogP contribution in [-0.4, -0.2) is 6.04 Å². The van der Waals surface area contributed by atoms with Crippen LogP contribution in [0.2, 0.25) is 0 Å². The molecule has 0 amide bonds. The summed E-state index contributed by atoms with van der Waals surface area (Å²) in [5, 5.41) is 3.33. The Bertz CT molecular complexity index is 335. The molecule has 2 aliphatic rings. The van der Waals surface area contributed by atoms with Crippen molar-refractivity contribution in [3.63, 3.8) is 0 Å². The summed E-state index contributed by atoms with van der Waals surface area (Å²) in [6, 6.07) is 5.82. The summed E-state index contributed by atoms with van der Waals surface area (Å²) >= 11 is 0. The average Bonchev–Trinajstić information content (AvgIpc) is 2.26. The van der Waals surface area contributed by atoms with Crippen molar-refractivity contribution in [3.8, 4) is 0 Å². The molecule has 2 unspecified atom stereocenters. The Kier molecular flexibility index (Phi) is 1.08. The molecule has 1 saturated carbocycles. The lowest BCUT2D eigenvalue weighted by atomic mass is 9.78. The van der Waals surface area contributed by atoms with Crippen molar-refractivity contribution in [2.75, 3.05) is 5.32 Å². The standard InChI is InChI=1S/C10H10FN/c11-7-2-1-3-9-10(7)6-4-5-8(6)12-9/h1-3,6,8,12H,4-5H2. The molecule has 1 aromatic carbocycles. The summed E-state index contributed by atoms with van der Waals surface area (Å²) in [4.78, 5) is 0. The first-order chi connectivity index (χ1) is 5.86. The molecular formula is C10H10FN. The minimum absolute atomic E-state index is 0.0350. The van der Waals surface area contributed by atoms with Crippen molar-refractivity contribution in [3.05, 3.63) is 29.6 Å². The Morgan fingerprint density at radius 3 is 3.00 bits per heavy atom. The predicted molar refractivity (Wildman–Crippen MR) is 45.8 cm³/mol. The lowest BCUT2D eigenvalue weighted by Gasteiger charge is -2.30. The summed E-state index contributed by atoms with van der Waals surface area (Å²) in [6.07, 6.45) is 2.34. The van der Waals surface area contributed by atoms with Crippen molar-refractivity contribution in [1.82, 2.24) is 0 Å². The highest BCUT2D eigenvalue weighted by atomic mass is 19.1. The number of anilines is 1. The molecule has 12 heavy (non-hydrogen) atoms. The molecule has 1 aliphatic carbocycles. The SMILES string of the molecule is Fc1cccc2c1C1CCC1N2. The number of benzene rings is 1. The van der Waals surface area contributed by atoms with Crippen molar-refractivity contribution in [2.45, 2.75) is 24.8 Å². The Balaban J connectivity index is 2.18. The molecule has 3 rings (SSSR count). The number of fused-ring (bicyclic) bond motifs is 3. The van der Waals surface area contributed by atoms with E-state index in [1.807, 2.05) is 6.07 Å². The quantitative estimate of drug-likeness (QED) is 0.619. The van der Waals surface area contributed by atoms with Gasteiger partial charge in [0.05, 0.1) is 0 Å². The minimum atomic E-state index is -0.0350. The molecule has 1 aliphatic heterocycles. The molecule has 62 valence electrons. The van der Waals surface area contributed by atoms with E-state index in [0.29, 0.717) is 12.0 Å². The van der Waals surface area contributed by atoms with Crippen molar-refractivity contribution < 1.29 is 4.39 Å². The van der Waals surface area contributed by atoms with Gasteiger partial charge in [-0.25, -0.2) is 4.39 Å². The third-order valence-electron chi connectivity index (χ3n) is 3.04. The molecule has 0 bridgehead atoms. The molecule has 1 heterocycles. The maximum Gasteiger partial charge on any atom is 0.128 e. The van der Waals surface area contributed by atoms with Crippen LogP contribution in [0.3, 0.4) is 0 Å². The minimum Gasteiger partial charge on any atom is -0.381 e. The molecule has 0 spiro atoms. The zero-order valence-corrected chi connectivity index (χ0v) is 6.68. The third kappa shape index (κ3) is 0.631. The largest absolute Gasteiger partial charge is 0.381 e. The highest BCUT2D eigenvalue weighted by molar-refractivity contribution is 5.61. The Morgan fingerprint density at radius 1 is 1.33 bits per heavy atom. The van der Waals surface area contributed by atoms with Crippen LogP contribution in [0.4, 0.5) is 10.1 Å². The van der Waals surface area contributed by atoms with Gasteiger partial charge in [-0.1, -0.05) is 6.07 Å². The number of rotatable bonds is 0. The number of halogens is 1. The fraction of sp³-hybridized carbons (Fsp3) is 0.400. The van der Waals surface area contributed by atoms with Crippen LogP contribution in [0, 0.1) is 5.82 Å². The van der Waals surface area contributed by atoms with Gasteiger partial charge in [-0.15, -0.1) is 0 Å². The first-order valence-corrected chi connectivity index (χ1v) is 4.41. The van der Waals surface area contributed by atoms with E-state index in [1.54, 1.807) is 12.1 Å². The van der Waals surface area contributed by atoms with Crippen molar-refractivity contribution in [2.24, 2.45) is 0 Å². The van der Waals surface area contributed by atoms with Crippen molar-refractivity contribution >= 4 is 5.69 Å². The Labute approximate surface area is 70.6 Å². The van der Waals surface area contributed by atoms with E-state index in [9.17, 15) is 4.39 Å². The predicted octanol–water partition coefficient (Wildman–Crippen LogP) is 2.50. The van der Waals surface area contributed by atoms with Gasteiger partial charge in [0.2, 0.25) is 0 Å². The molecule has 1 aromatic rings. The van der Waals surface area contributed by atoms with Gasteiger partial charge in [0.25, 0.3) is 0 Å². The normalized spacial score (nSPS) is 30.1. The molecule has 2 heteroatoms. The third-order valence-corrected chi connectivity index (χ3v) is 3.04. The van der Waals surface area contributed by atoms with E-state index < -0.39 is 0 Å². The smallest absolute Gasteiger partial charge is 0.128 e. The second-order valence-corrected chi connectivity index (χ2v) is 3.64. The summed E-state index contributed by atoms with van der Waals surface area (Å²) in [7, 11) is 0. The first kappa shape index (κ1) is 6.46. The molecule has 0 saturated heterocycles. The van der Waals surface area contributed by atoms with Gasteiger partial charge >= 0.3 is 0 Å². The molecular weight excluding hydrogens is 153 g/mol. The van der Waals surface area contributed by atoms with Gasteiger partial charge in [-0.3, -0.25) is 0 Å². The zero-order chi connectivity index (χ0) is 8.13. The lowest BCUT2D eigenvalue weighted by molar-refractivity contribution is 0.381. The summed E-state index contributed by atoms with van der Waals surface area (Å²) in [5.74, 6) is 0.424. The second-order valence-electron chi connectivity index (χ2n) is 3.64. The van der Waals surface area contributed by atoms with E-state index in [0.717, 1.165) is 17.7 Å². The van der Waals surface area contributed by atoms with Gasteiger partial charge in [0.15, 0.2) is 0 Å². The van der Waals surface area contributed by atoms with Gasteiger partial charge < -0.3 is 5.32 Å². The van der Waals surface area contributed by atoms with Gasteiger partial charge in [0.1, 0.15) is 5.82 Å². The maximum atomic E-state index is 13.3. The van der Waals surface area contributed by atoms with Crippen LogP contribution in [0.15, 0.2) is 18.2 Å². The van der Waals surface area contributed by atoms with Crippen LogP contribution in [0.5, 0.6) is 0 Å². The Hall–Kier alpha value is -1.05. The van der Waals surface area contributed by atoms with Crippen LogP contribution in [0.25, 0.3) is 0 Å². The first-order valence-electron chi connectivity index (χ1n) is 4.41. The molecule has 1 nitrogen and oxygen atoms in total. The average molecular weight is 163 g/mol. The van der Waals surface area contributed by atoms with Gasteiger partial charge in [0, 0.05) is 23.2 Å². The van der Waals surface area contributed by atoms with Crippen LogP contribution in [-0.2, 0) is 0 Å². The van der Waals surface area contributed by atoms with E-state index in [4.69, 9.17) is 0 Å². The van der Waals surface area contributed by atoms with E-state index >= 15 is 0 Å². The lowest BCUT2D eigenvalue weighted by Crippen LogP contribution is -2.30. The topological polar surface area (TPSA) is 12.0 Å². The fourth-order valence-electron chi connectivity index (χ4n) is 2.26. The molecule has 0 aromatic heterocycles. The van der Waals surface area contributed by atoms with Crippen LogP contribution in [0.1, 0.15) is 24.3 Å². The summed E-state index contributed by atoms with van der Waals surface area (Å²) in [6.45, 7) is 0. The molecule has 2 atom stereocenters. The molecule has 0 radical (unpaired) electrons. The summed E-state index contributed by atoms with van der Waals surface area (Å²) < 4.78 is 13.3. The van der Waals surface area contributed by atoms with Gasteiger partial charge in [-0.05, 0) is 25.0 Å². The van der Waals surface area contributed by atoms with E-state index in [1.165, 1.54) is 6.42 Å². The fourth-order valence-corrected chi connectivity index (χ4v) is 2.26. The van der Waals surface area contributed by atoms with Crippen LogP contribution < -0.4 is 5.32 Å². The number of nitrogens with one attached hydrogen (secondary N) is 1. The zero-order valence-electron chi connectivity index (χ0n) is 6.68. The highest BCUT2D eigenvalue weighted by Crippen LogP contribution is 2.48. The van der Waals surface area contributed by atoms with Crippen molar-refractivity contribution in [1.29, 1.82) is 0 Å². The van der Waals surface area contributed by atoms with Crippen LogP contribution >= 0.6 is 0 Å². The molecule has 1 N–H and O–H groups in total. The monoisotopic (exact) mass is 163 g/mol. The molecule has 1 fully saturated rings. The Morgan fingerprint density at radius 2 is 2.25 bits per heavy atom. The summed E-state index contributed by atoms with van der Waals surface area (Å²) in [5.41, 5.74) is 1.94. The number of hydrogen-bond donors (Lipinski definition) is 1. The van der Waals surface area contributed by atoms with E-state index in [2.05, 4.69) is 5.32 Å². The number of hydrogen-bond acceptors (Lipinski definition) is 1. The second kappa shape index (κ2) is 2.00. The maximum absolute atomic E-state index is 13.3.